The first-order chi connectivity index (χ1) is 16.7. The van der Waals surface area contributed by atoms with Gasteiger partial charge in [0.1, 0.15) is 5.76 Å². The van der Waals surface area contributed by atoms with Gasteiger partial charge in [-0.1, -0.05) is 30.0 Å². The molecule has 0 fully saturated rings. The Morgan fingerprint density at radius 1 is 1.15 bits per heavy atom. The standard InChI is InChI=1S/C26H27N5O2S/c1-18(20-11-10-19-6-2-3-7-21(19)14-20)28-24(32)17-34-26-30-29-25(22-8-4-12-27-15-22)31(26)16-23-9-5-13-33-23/h4-5,8-15,18H,2-3,6-7,16-17H2,1H3,(H,28,32). The van der Waals surface area contributed by atoms with Crippen molar-refractivity contribution in [3.05, 3.63) is 83.6 Å². The number of benzene rings is 1. The van der Waals surface area contributed by atoms with Crippen LogP contribution in [0.2, 0.25) is 0 Å². The molecule has 8 heteroatoms. The lowest BCUT2D eigenvalue weighted by Gasteiger charge is -2.20. The topological polar surface area (TPSA) is 85.8 Å². The van der Waals surface area contributed by atoms with Crippen LogP contribution in [-0.4, -0.2) is 31.4 Å². The lowest BCUT2D eigenvalue weighted by molar-refractivity contribution is -0.119. The number of nitrogens with one attached hydrogen (secondary N) is 1. The van der Waals surface area contributed by atoms with E-state index in [1.807, 2.05) is 35.8 Å². The molecule has 0 aliphatic heterocycles. The molecule has 4 aromatic rings. The summed E-state index contributed by atoms with van der Waals surface area (Å²) >= 11 is 1.37. The van der Waals surface area contributed by atoms with Gasteiger partial charge in [0.25, 0.3) is 0 Å². The molecule has 3 heterocycles. The van der Waals surface area contributed by atoms with E-state index in [9.17, 15) is 4.79 Å². The van der Waals surface area contributed by atoms with Gasteiger partial charge in [-0.15, -0.1) is 10.2 Å². The molecule has 174 valence electrons. The molecule has 0 saturated heterocycles. The van der Waals surface area contributed by atoms with Crippen LogP contribution < -0.4 is 5.32 Å². The Morgan fingerprint density at radius 3 is 2.82 bits per heavy atom. The normalized spacial score (nSPS) is 13.9. The molecular formula is C26H27N5O2S. The van der Waals surface area contributed by atoms with Crippen LogP contribution >= 0.6 is 11.8 Å². The lowest BCUT2D eigenvalue weighted by Crippen LogP contribution is -2.28. The number of rotatable bonds is 8. The van der Waals surface area contributed by atoms with Gasteiger partial charge >= 0.3 is 0 Å². The molecule has 1 aliphatic carbocycles. The number of thioether (sulfide) groups is 1. The minimum absolute atomic E-state index is 0.0364. The van der Waals surface area contributed by atoms with Gasteiger partial charge in [0, 0.05) is 18.0 Å². The Kier molecular flexibility index (Phi) is 6.76. The van der Waals surface area contributed by atoms with Crippen LogP contribution in [-0.2, 0) is 24.2 Å². The fourth-order valence-corrected chi connectivity index (χ4v) is 5.07. The number of nitrogens with zero attached hydrogens (tertiary/aromatic N) is 4. The molecule has 5 rings (SSSR count). The molecule has 34 heavy (non-hydrogen) atoms. The third-order valence-corrected chi connectivity index (χ3v) is 7.08. The van der Waals surface area contributed by atoms with Crippen molar-refractivity contribution < 1.29 is 9.21 Å². The van der Waals surface area contributed by atoms with E-state index in [0.717, 1.165) is 29.7 Å². The molecule has 1 aromatic carbocycles. The van der Waals surface area contributed by atoms with E-state index in [4.69, 9.17) is 4.42 Å². The molecule has 0 spiro atoms. The van der Waals surface area contributed by atoms with E-state index in [0.29, 0.717) is 17.5 Å². The second-order valence-electron chi connectivity index (χ2n) is 8.53. The number of pyridine rings is 1. The third kappa shape index (κ3) is 5.07. The van der Waals surface area contributed by atoms with Crippen molar-refractivity contribution in [2.24, 2.45) is 0 Å². The number of amides is 1. The van der Waals surface area contributed by atoms with Gasteiger partial charge in [-0.05, 0) is 73.6 Å². The Hall–Kier alpha value is -3.39. The second-order valence-corrected chi connectivity index (χ2v) is 9.47. The molecule has 1 amide bonds. The Labute approximate surface area is 203 Å². The van der Waals surface area contributed by atoms with Crippen molar-refractivity contribution >= 4 is 17.7 Å². The number of carbonyl (C=O) groups excluding carboxylic acids is 1. The van der Waals surface area contributed by atoms with Gasteiger partial charge in [0.05, 0.1) is 24.6 Å². The van der Waals surface area contributed by atoms with Crippen LogP contribution in [0, 0.1) is 0 Å². The Morgan fingerprint density at radius 2 is 2.03 bits per heavy atom. The van der Waals surface area contributed by atoms with Crippen LogP contribution in [0.3, 0.4) is 0 Å². The summed E-state index contributed by atoms with van der Waals surface area (Å²) in [7, 11) is 0. The van der Waals surface area contributed by atoms with Gasteiger partial charge in [-0.2, -0.15) is 0 Å². The van der Waals surface area contributed by atoms with E-state index in [1.54, 1.807) is 18.7 Å². The van der Waals surface area contributed by atoms with Gasteiger partial charge < -0.3 is 9.73 Å². The molecule has 0 saturated carbocycles. The molecule has 3 aromatic heterocycles. The maximum Gasteiger partial charge on any atom is 0.230 e. The minimum Gasteiger partial charge on any atom is -0.467 e. The van der Waals surface area contributed by atoms with Crippen molar-refractivity contribution in [1.82, 2.24) is 25.1 Å². The molecule has 0 radical (unpaired) electrons. The number of aromatic nitrogens is 4. The van der Waals surface area contributed by atoms with Crippen LogP contribution in [0.5, 0.6) is 0 Å². The zero-order valence-electron chi connectivity index (χ0n) is 19.1. The quantitative estimate of drug-likeness (QED) is 0.369. The van der Waals surface area contributed by atoms with Gasteiger partial charge in [0.2, 0.25) is 5.91 Å². The predicted octanol–water partition coefficient (Wildman–Crippen LogP) is 4.83. The lowest BCUT2D eigenvalue weighted by atomic mass is 9.89. The van der Waals surface area contributed by atoms with Crippen molar-refractivity contribution in [2.75, 3.05) is 5.75 Å². The van der Waals surface area contributed by atoms with Crippen molar-refractivity contribution in [3.8, 4) is 11.4 Å². The van der Waals surface area contributed by atoms with E-state index in [-0.39, 0.29) is 17.7 Å². The first-order valence-electron chi connectivity index (χ1n) is 11.6. The zero-order chi connectivity index (χ0) is 23.3. The highest BCUT2D eigenvalue weighted by atomic mass is 32.2. The maximum atomic E-state index is 12.8. The first-order valence-corrected chi connectivity index (χ1v) is 12.6. The highest BCUT2D eigenvalue weighted by molar-refractivity contribution is 7.99. The summed E-state index contributed by atoms with van der Waals surface area (Å²) in [6, 6.07) is 14.1. The second kappa shape index (κ2) is 10.3. The van der Waals surface area contributed by atoms with Gasteiger partial charge in [0.15, 0.2) is 11.0 Å². The SMILES string of the molecule is CC(NC(=O)CSc1nnc(-c2cccnc2)n1Cc1ccco1)c1ccc2c(c1)CCCC2. The average molecular weight is 474 g/mol. The van der Waals surface area contributed by atoms with E-state index in [2.05, 4.69) is 38.7 Å². The molecule has 7 nitrogen and oxygen atoms in total. The van der Waals surface area contributed by atoms with E-state index >= 15 is 0 Å². The number of aryl methyl sites for hydroxylation is 2. The largest absolute Gasteiger partial charge is 0.467 e. The highest BCUT2D eigenvalue weighted by Gasteiger charge is 2.19. The average Bonchev–Trinajstić information content (AvgIpc) is 3.53. The van der Waals surface area contributed by atoms with Crippen molar-refractivity contribution in [1.29, 1.82) is 0 Å². The van der Waals surface area contributed by atoms with Crippen molar-refractivity contribution in [3.63, 3.8) is 0 Å². The molecular weight excluding hydrogens is 446 g/mol. The number of hydrogen-bond donors (Lipinski definition) is 1. The van der Waals surface area contributed by atoms with Crippen LogP contribution in [0.1, 0.15) is 48.3 Å². The maximum absolute atomic E-state index is 12.8. The summed E-state index contributed by atoms with van der Waals surface area (Å²) in [5.74, 6) is 1.69. The number of carbonyl (C=O) groups is 1. The summed E-state index contributed by atoms with van der Waals surface area (Å²) in [5.41, 5.74) is 4.88. The third-order valence-electron chi connectivity index (χ3n) is 6.11. The molecule has 1 atom stereocenters. The number of hydrogen-bond acceptors (Lipinski definition) is 6. The number of fused-ring (bicyclic) bond motifs is 1. The summed E-state index contributed by atoms with van der Waals surface area (Å²) in [4.78, 5) is 17.0. The smallest absolute Gasteiger partial charge is 0.230 e. The summed E-state index contributed by atoms with van der Waals surface area (Å²) in [5, 5.41) is 12.5. The predicted molar refractivity (Wildman–Crippen MR) is 131 cm³/mol. The summed E-state index contributed by atoms with van der Waals surface area (Å²) in [6.45, 7) is 2.51. The first kappa shape index (κ1) is 22.4. The highest BCUT2D eigenvalue weighted by Crippen LogP contribution is 2.26. The number of furan rings is 1. The zero-order valence-corrected chi connectivity index (χ0v) is 19.9. The van der Waals surface area contributed by atoms with Crippen LogP contribution in [0.4, 0.5) is 0 Å². The molecule has 1 unspecified atom stereocenters. The molecule has 0 bridgehead atoms. The Bertz CT molecular complexity index is 1250. The van der Waals surface area contributed by atoms with Gasteiger partial charge in [-0.3, -0.25) is 14.3 Å². The monoisotopic (exact) mass is 473 g/mol. The Balaban J connectivity index is 1.27. The van der Waals surface area contributed by atoms with E-state index < -0.39 is 0 Å². The minimum atomic E-state index is -0.0488. The summed E-state index contributed by atoms with van der Waals surface area (Å²) < 4.78 is 7.50. The van der Waals surface area contributed by atoms with Crippen LogP contribution in [0.15, 0.2) is 70.7 Å². The van der Waals surface area contributed by atoms with E-state index in [1.165, 1.54) is 35.7 Å². The van der Waals surface area contributed by atoms with Crippen molar-refractivity contribution in [2.45, 2.75) is 50.4 Å². The molecule has 1 N–H and O–H groups in total. The fraction of sp³-hybridized carbons (Fsp3) is 0.308. The molecule has 1 aliphatic rings. The fourth-order valence-electron chi connectivity index (χ4n) is 4.32. The van der Waals surface area contributed by atoms with Gasteiger partial charge in [-0.25, -0.2) is 0 Å². The van der Waals surface area contributed by atoms with Crippen LogP contribution in [0.25, 0.3) is 11.4 Å². The summed E-state index contributed by atoms with van der Waals surface area (Å²) in [6.07, 6.45) is 9.92.